The van der Waals surface area contributed by atoms with Crippen molar-refractivity contribution in [1.82, 2.24) is 0 Å². The van der Waals surface area contributed by atoms with Crippen molar-refractivity contribution in [3.63, 3.8) is 0 Å². The van der Waals surface area contributed by atoms with Crippen molar-refractivity contribution in [2.24, 2.45) is 0 Å². The Morgan fingerprint density at radius 3 is 1.51 bits per heavy atom. The van der Waals surface area contributed by atoms with Crippen molar-refractivity contribution in [2.75, 3.05) is 0 Å². The van der Waals surface area contributed by atoms with Gasteiger partial charge < -0.3 is 0 Å². The van der Waals surface area contributed by atoms with Gasteiger partial charge in [-0.1, -0.05) is 152 Å². The van der Waals surface area contributed by atoms with Gasteiger partial charge in [-0.25, -0.2) is 0 Å². The Hall–Kier alpha value is -5.76. The number of rotatable bonds is 3. The highest BCUT2D eigenvalue weighted by atomic mass is 32.1. The van der Waals surface area contributed by atoms with Crippen LogP contribution in [0.1, 0.15) is 0 Å². The minimum Gasteiger partial charge on any atom is -0.134 e. The molecule has 0 nitrogen and oxygen atoms in total. The Labute approximate surface area is 276 Å². The molecule has 0 spiro atoms. The maximum atomic E-state index is 2.42. The molecule has 0 saturated heterocycles. The van der Waals surface area contributed by atoms with Gasteiger partial charge in [0.1, 0.15) is 0 Å². The molecule has 10 aromatic rings. The molecule has 1 heterocycles. The lowest BCUT2D eigenvalue weighted by Gasteiger charge is -2.18. The molecule has 10 rings (SSSR count). The van der Waals surface area contributed by atoms with E-state index in [9.17, 15) is 0 Å². The second kappa shape index (κ2) is 10.4. The van der Waals surface area contributed by atoms with Crippen molar-refractivity contribution < 1.29 is 0 Å². The summed E-state index contributed by atoms with van der Waals surface area (Å²) in [6.07, 6.45) is 0. The largest absolute Gasteiger partial charge is 0.134 e. The summed E-state index contributed by atoms with van der Waals surface area (Å²) in [6, 6.07) is 62.6. The van der Waals surface area contributed by atoms with Crippen LogP contribution >= 0.6 is 11.3 Å². The molecule has 0 bridgehead atoms. The highest BCUT2D eigenvalue weighted by Gasteiger charge is 2.19. The zero-order valence-corrected chi connectivity index (χ0v) is 26.4. The van der Waals surface area contributed by atoms with E-state index in [1.165, 1.54) is 96.6 Å². The minimum absolute atomic E-state index is 1.24. The van der Waals surface area contributed by atoms with Crippen molar-refractivity contribution >= 4 is 74.6 Å². The maximum Gasteiger partial charge on any atom is 0.0440 e. The quantitative estimate of drug-likeness (QED) is 0.174. The smallest absolute Gasteiger partial charge is 0.0440 e. The highest BCUT2D eigenvalue weighted by molar-refractivity contribution is 7.26. The first-order chi connectivity index (χ1) is 23.3. The van der Waals surface area contributed by atoms with Crippen LogP contribution in [0.4, 0.5) is 0 Å². The van der Waals surface area contributed by atoms with E-state index in [1.807, 2.05) is 11.3 Å². The minimum atomic E-state index is 1.24. The van der Waals surface area contributed by atoms with Crippen LogP contribution < -0.4 is 0 Å². The van der Waals surface area contributed by atoms with E-state index < -0.39 is 0 Å². The van der Waals surface area contributed by atoms with Gasteiger partial charge in [0.05, 0.1) is 0 Å². The molecule has 1 aromatic heterocycles. The standard InChI is InChI=1S/C46H28S/c1-2-14-30(15-3-1)42-36-21-8-10-23-38(36)43(39-24-11-9-22-37(39)42)33-18-12-17-31(27-33)40-28-32-16-5-7-20-35(32)45-44-34-19-6-4-13-29(34)25-26-41(44)47-46(40)45/h1-28H. The van der Waals surface area contributed by atoms with Crippen LogP contribution in [0.15, 0.2) is 170 Å². The Balaban J connectivity index is 1.28. The van der Waals surface area contributed by atoms with Crippen LogP contribution in [-0.2, 0) is 0 Å². The third kappa shape index (κ3) is 4.00. The summed E-state index contributed by atoms with van der Waals surface area (Å²) in [4.78, 5) is 0. The second-order valence-corrected chi connectivity index (χ2v) is 13.5. The van der Waals surface area contributed by atoms with Gasteiger partial charge in [-0.2, -0.15) is 0 Å². The predicted molar refractivity (Wildman–Crippen MR) is 206 cm³/mol. The molecule has 0 aliphatic carbocycles. The van der Waals surface area contributed by atoms with Gasteiger partial charge in [-0.05, 0) is 89.1 Å². The molecular formula is C46H28S. The molecule has 9 aromatic carbocycles. The van der Waals surface area contributed by atoms with Crippen molar-refractivity contribution in [2.45, 2.75) is 0 Å². The third-order valence-corrected chi connectivity index (χ3v) is 11.0. The van der Waals surface area contributed by atoms with Gasteiger partial charge in [-0.3, -0.25) is 0 Å². The van der Waals surface area contributed by atoms with Crippen LogP contribution in [0, 0.1) is 0 Å². The van der Waals surface area contributed by atoms with Gasteiger partial charge in [0.2, 0.25) is 0 Å². The van der Waals surface area contributed by atoms with Gasteiger partial charge >= 0.3 is 0 Å². The van der Waals surface area contributed by atoms with Crippen LogP contribution in [0.3, 0.4) is 0 Å². The lowest BCUT2D eigenvalue weighted by Crippen LogP contribution is -1.91. The molecule has 218 valence electrons. The maximum absolute atomic E-state index is 2.42. The summed E-state index contributed by atoms with van der Waals surface area (Å²) in [5.41, 5.74) is 7.61. The second-order valence-electron chi connectivity index (χ2n) is 12.4. The summed E-state index contributed by atoms with van der Waals surface area (Å²) < 4.78 is 2.68. The fourth-order valence-electron chi connectivity index (χ4n) is 7.80. The molecule has 0 fully saturated rings. The van der Waals surface area contributed by atoms with Crippen LogP contribution in [0.2, 0.25) is 0 Å². The zero-order valence-electron chi connectivity index (χ0n) is 25.6. The first-order valence-electron chi connectivity index (χ1n) is 16.2. The van der Waals surface area contributed by atoms with Crippen molar-refractivity contribution in [3.05, 3.63) is 170 Å². The Morgan fingerprint density at radius 2 is 0.830 bits per heavy atom. The fourth-order valence-corrected chi connectivity index (χ4v) is 9.07. The average molecular weight is 613 g/mol. The lowest BCUT2D eigenvalue weighted by molar-refractivity contribution is 1.64. The number of hydrogen-bond acceptors (Lipinski definition) is 1. The monoisotopic (exact) mass is 612 g/mol. The summed E-state index contributed by atoms with van der Waals surface area (Å²) in [6.45, 7) is 0. The molecule has 0 radical (unpaired) electrons. The van der Waals surface area contributed by atoms with E-state index in [4.69, 9.17) is 0 Å². The van der Waals surface area contributed by atoms with Gasteiger partial charge in [0, 0.05) is 25.7 Å². The Morgan fingerprint density at radius 1 is 0.319 bits per heavy atom. The predicted octanol–water partition coefficient (Wildman–Crippen LogP) is 13.7. The first kappa shape index (κ1) is 26.5. The van der Waals surface area contributed by atoms with Crippen LogP contribution in [0.25, 0.3) is 96.6 Å². The lowest BCUT2D eigenvalue weighted by atomic mass is 9.85. The third-order valence-electron chi connectivity index (χ3n) is 9.81. The van der Waals surface area contributed by atoms with E-state index in [2.05, 4.69) is 170 Å². The molecule has 0 saturated carbocycles. The zero-order chi connectivity index (χ0) is 30.9. The highest BCUT2D eigenvalue weighted by Crippen LogP contribution is 2.48. The molecule has 0 unspecified atom stereocenters. The molecule has 0 aliphatic rings. The Bertz CT molecular complexity index is 2780. The SMILES string of the molecule is c1ccc(-c2c3ccccc3c(-c3cccc(-c4cc5ccccc5c5c4sc4ccc6ccccc6c45)c3)c3ccccc23)cc1. The fraction of sp³-hybridized carbons (Fsp3) is 0. The normalized spacial score (nSPS) is 11.8. The number of fused-ring (bicyclic) bond motifs is 9. The molecule has 0 atom stereocenters. The molecule has 0 aliphatic heterocycles. The van der Waals surface area contributed by atoms with Crippen molar-refractivity contribution in [3.8, 4) is 33.4 Å². The van der Waals surface area contributed by atoms with E-state index in [0.717, 1.165) is 0 Å². The van der Waals surface area contributed by atoms with Gasteiger partial charge in [0.25, 0.3) is 0 Å². The molecule has 0 N–H and O–H groups in total. The van der Waals surface area contributed by atoms with E-state index in [0.29, 0.717) is 0 Å². The first-order valence-corrected chi connectivity index (χ1v) is 17.0. The molecule has 0 amide bonds. The van der Waals surface area contributed by atoms with E-state index in [1.54, 1.807) is 0 Å². The molecular weight excluding hydrogens is 585 g/mol. The van der Waals surface area contributed by atoms with Crippen LogP contribution in [-0.4, -0.2) is 0 Å². The number of benzene rings is 9. The number of thiophene rings is 1. The van der Waals surface area contributed by atoms with Gasteiger partial charge in [-0.15, -0.1) is 11.3 Å². The van der Waals surface area contributed by atoms with Gasteiger partial charge in [0.15, 0.2) is 0 Å². The summed E-state index contributed by atoms with van der Waals surface area (Å²) >= 11 is 1.92. The average Bonchev–Trinajstić information content (AvgIpc) is 3.54. The summed E-state index contributed by atoms with van der Waals surface area (Å²) in [5, 5.41) is 13.0. The topological polar surface area (TPSA) is 0 Å². The van der Waals surface area contributed by atoms with E-state index in [-0.39, 0.29) is 0 Å². The number of hydrogen-bond donors (Lipinski definition) is 0. The van der Waals surface area contributed by atoms with Crippen LogP contribution in [0.5, 0.6) is 0 Å². The molecule has 1 heteroatoms. The van der Waals surface area contributed by atoms with Crippen molar-refractivity contribution in [1.29, 1.82) is 0 Å². The molecule has 47 heavy (non-hydrogen) atoms. The van der Waals surface area contributed by atoms with E-state index >= 15 is 0 Å². The summed E-state index contributed by atoms with van der Waals surface area (Å²) in [7, 11) is 0. The summed E-state index contributed by atoms with van der Waals surface area (Å²) in [5.74, 6) is 0. The Kier molecular flexibility index (Phi) is 5.85.